The van der Waals surface area contributed by atoms with Crippen molar-refractivity contribution in [2.24, 2.45) is 0 Å². The van der Waals surface area contributed by atoms with Gasteiger partial charge < -0.3 is 23.0 Å². The van der Waals surface area contributed by atoms with Crippen LogP contribution in [-0.4, -0.2) is 13.1 Å². The highest BCUT2D eigenvalue weighted by Gasteiger charge is 2.15. The van der Waals surface area contributed by atoms with Gasteiger partial charge in [0.15, 0.2) is 11.5 Å². The topological polar surface area (TPSA) is 88.1 Å². The lowest BCUT2D eigenvalue weighted by Gasteiger charge is -2.09. The SMILES string of the molecule is COc1ccccc1Oc1coc2cc(OC(=O)c3ccco3)ccc2c1=O. The molecular formula is C21H14O7. The van der Waals surface area contributed by atoms with Crippen LogP contribution >= 0.6 is 0 Å². The minimum Gasteiger partial charge on any atom is -0.493 e. The van der Waals surface area contributed by atoms with Crippen LogP contribution in [0.2, 0.25) is 0 Å². The van der Waals surface area contributed by atoms with Crippen LogP contribution in [0.3, 0.4) is 0 Å². The molecule has 7 heteroatoms. The van der Waals surface area contributed by atoms with Gasteiger partial charge in [-0.1, -0.05) is 12.1 Å². The van der Waals surface area contributed by atoms with Gasteiger partial charge in [0.1, 0.15) is 17.6 Å². The van der Waals surface area contributed by atoms with Crippen molar-refractivity contribution in [2.75, 3.05) is 7.11 Å². The molecule has 7 nitrogen and oxygen atoms in total. The minimum absolute atomic E-state index is 0.0114. The molecule has 0 saturated carbocycles. The summed E-state index contributed by atoms with van der Waals surface area (Å²) in [6.45, 7) is 0. The Bertz CT molecular complexity index is 1190. The Labute approximate surface area is 158 Å². The molecule has 0 saturated heterocycles. The van der Waals surface area contributed by atoms with Crippen molar-refractivity contribution < 1.29 is 27.8 Å². The fraction of sp³-hybridized carbons (Fsp3) is 0.0476. The Morgan fingerprint density at radius 1 is 0.929 bits per heavy atom. The molecule has 0 N–H and O–H groups in total. The molecule has 0 fully saturated rings. The Morgan fingerprint density at radius 3 is 2.50 bits per heavy atom. The third kappa shape index (κ3) is 3.33. The highest BCUT2D eigenvalue weighted by molar-refractivity contribution is 5.89. The summed E-state index contributed by atoms with van der Waals surface area (Å²) in [7, 11) is 1.51. The molecule has 0 atom stereocenters. The van der Waals surface area contributed by atoms with E-state index in [1.165, 1.54) is 43.9 Å². The van der Waals surface area contributed by atoms with Gasteiger partial charge in [0.05, 0.1) is 18.8 Å². The molecule has 28 heavy (non-hydrogen) atoms. The van der Waals surface area contributed by atoms with Crippen molar-refractivity contribution in [1.82, 2.24) is 0 Å². The molecule has 0 aliphatic rings. The van der Waals surface area contributed by atoms with Gasteiger partial charge in [-0.15, -0.1) is 0 Å². The number of hydrogen-bond donors (Lipinski definition) is 0. The first-order chi connectivity index (χ1) is 13.7. The van der Waals surface area contributed by atoms with Gasteiger partial charge in [-0.25, -0.2) is 4.79 Å². The van der Waals surface area contributed by atoms with E-state index in [-0.39, 0.29) is 33.7 Å². The second-order valence-electron chi connectivity index (χ2n) is 5.71. The van der Waals surface area contributed by atoms with Crippen LogP contribution in [0.4, 0.5) is 0 Å². The van der Waals surface area contributed by atoms with Crippen LogP contribution in [0.1, 0.15) is 10.6 Å². The van der Waals surface area contributed by atoms with Gasteiger partial charge in [0, 0.05) is 6.07 Å². The van der Waals surface area contributed by atoms with Gasteiger partial charge in [-0.2, -0.15) is 0 Å². The molecule has 0 bridgehead atoms. The zero-order chi connectivity index (χ0) is 19.5. The Hall–Kier alpha value is -4.00. The molecule has 0 aliphatic heterocycles. The zero-order valence-electron chi connectivity index (χ0n) is 14.7. The minimum atomic E-state index is -0.650. The lowest BCUT2D eigenvalue weighted by molar-refractivity contribution is 0.0701. The van der Waals surface area contributed by atoms with Crippen LogP contribution < -0.4 is 19.6 Å². The number of furan rings is 1. The summed E-state index contributed by atoms with van der Waals surface area (Å²) < 4.78 is 26.6. The van der Waals surface area contributed by atoms with Crippen molar-refractivity contribution in [1.29, 1.82) is 0 Å². The van der Waals surface area contributed by atoms with Crippen molar-refractivity contribution in [3.8, 4) is 23.0 Å². The number of hydrogen-bond acceptors (Lipinski definition) is 7. The highest BCUT2D eigenvalue weighted by atomic mass is 16.5. The van der Waals surface area contributed by atoms with Gasteiger partial charge in [0.25, 0.3) is 0 Å². The molecule has 4 aromatic rings. The summed E-state index contributed by atoms with van der Waals surface area (Å²) in [4.78, 5) is 24.7. The standard InChI is InChI=1S/C21H14O7/c1-24-15-5-2-3-6-16(15)28-19-12-26-18-11-13(8-9-14(18)20(19)22)27-21(23)17-7-4-10-25-17/h2-12H,1H3. The summed E-state index contributed by atoms with van der Waals surface area (Å²) >= 11 is 0. The smallest absolute Gasteiger partial charge is 0.379 e. The van der Waals surface area contributed by atoms with E-state index in [1.807, 2.05) is 0 Å². The van der Waals surface area contributed by atoms with E-state index in [4.69, 9.17) is 23.0 Å². The average Bonchev–Trinajstić information content (AvgIpc) is 3.25. The second kappa shape index (κ2) is 7.32. The first kappa shape index (κ1) is 17.4. The van der Waals surface area contributed by atoms with E-state index < -0.39 is 5.97 Å². The molecule has 2 aromatic heterocycles. The van der Waals surface area contributed by atoms with Crippen molar-refractivity contribution in [3.05, 3.63) is 83.1 Å². The number of methoxy groups -OCH3 is 1. The van der Waals surface area contributed by atoms with E-state index in [0.717, 1.165) is 0 Å². The van der Waals surface area contributed by atoms with Crippen LogP contribution in [0.25, 0.3) is 11.0 Å². The molecule has 0 aliphatic carbocycles. The quantitative estimate of drug-likeness (QED) is 0.375. The van der Waals surface area contributed by atoms with Gasteiger partial charge in [-0.3, -0.25) is 4.79 Å². The second-order valence-corrected chi connectivity index (χ2v) is 5.71. The molecule has 4 rings (SSSR count). The number of fused-ring (bicyclic) bond motifs is 1. The number of benzene rings is 2. The van der Waals surface area contributed by atoms with Crippen LogP contribution in [0, 0.1) is 0 Å². The molecular weight excluding hydrogens is 364 g/mol. The van der Waals surface area contributed by atoms with Crippen LogP contribution in [0.15, 0.2) is 80.8 Å². The maximum Gasteiger partial charge on any atom is 0.379 e. The Morgan fingerprint density at radius 2 is 1.75 bits per heavy atom. The number of carbonyl (C=O) groups excluding carboxylic acids is 1. The predicted molar refractivity (Wildman–Crippen MR) is 99.2 cm³/mol. The Balaban J connectivity index is 1.63. The molecule has 0 radical (unpaired) electrons. The average molecular weight is 378 g/mol. The van der Waals surface area contributed by atoms with Gasteiger partial charge in [0.2, 0.25) is 16.9 Å². The van der Waals surface area contributed by atoms with Crippen LogP contribution in [0.5, 0.6) is 23.0 Å². The van der Waals surface area contributed by atoms with Crippen molar-refractivity contribution >= 4 is 16.9 Å². The molecule has 2 aromatic carbocycles. The summed E-state index contributed by atoms with van der Waals surface area (Å²) in [6, 6.07) is 14.5. The third-order valence-electron chi connectivity index (χ3n) is 3.94. The summed E-state index contributed by atoms with van der Waals surface area (Å²) in [5.41, 5.74) is -0.113. The van der Waals surface area contributed by atoms with E-state index in [2.05, 4.69) is 0 Å². The number of ether oxygens (including phenoxy) is 3. The number of esters is 1. The zero-order valence-corrected chi connectivity index (χ0v) is 14.7. The van der Waals surface area contributed by atoms with E-state index in [1.54, 1.807) is 30.3 Å². The van der Waals surface area contributed by atoms with Crippen LogP contribution in [-0.2, 0) is 0 Å². The number of rotatable bonds is 5. The molecule has 0 amide bonds. The number of carbonyl (C=O) groups is 1. The largest absolute Gasteiger partial charge is 0.493 e. The molecule has 2 heterocycles. The molecule has 140 valence electrons. The maximum atomic E-state index is 12.7. The van der Waals surface area contributed by atoms with Crippen molar-refractivity contribution in [3.63, 3.8) is 0 Å². The molecule has 0 spiro atoms. The first-order valence-electron chi connectivity index (χ1n) is 8.28. The fourth-order valence-electron chi connectivity index (χ4n) is 2.60. The number of para-hydroxylation sites is 2. The lowest BCUT2D eigenvalue weighted by Crippen LogP contribution is -2.08. The predicted octanol–water partition coefficient (Wildman–Crippen LogP) is 4.41. The van der Waals surface area contributed by atoms with E-state index in [0.29, 0.717) is 11.5 Å². The summed E-state index contributed by atoms with van der Waals surface area (Å²) in [5, 5.41) is 0.283. The normalized spacial score (nSPS) is 10.6. The monoisotopic (exact) mass is 378 g/mol. The van der Waals surface area contributed by atoms with Gasteiger partial charge >= 0.3 is 5.97 Å². The first-order valence-corrected chi connectivity index (χ1v) is 8.28. The van der Waals surface area contributed by atoms with E-state index >= 15 is 0 Å². The van der Waals surface area contributed by atoms with E-state index in [9.17, 15) is 9.59 Å². The maximum absolute atomic E-state index is 12.7. The van der Waals surface area contributed by atoms with Gasteiger partial charge in [-0.05, 0) is 36.4 Å². The Kier molecular flexibility index (Phi) is 4.55. The third-order valence-corrected chi connectivity index (χ3v) is 3.94. The molecule has 0 unspecified atom stereocenters. The fourth-order valence-corrected chi connectivity index (χ4v) is 2.60. The highest BCUT2D eigenvalue weighted by Crippen LogP contribution is 2.30. The summed E-state index contributed by atoms with van der Waals surface area (Å²) in [5.74, 6) is 0.528. The summed E-state index contributed by atoms with van der Waals surface area (Å²) in [6.07, 6.45) is 2.58. The van der Waals surface area contributed by atoms with Crippen molar-refractivity contribution in [2.45, 2.75) is 0 Å². The lowest BCUT2D eigenvalue weighted by atomic mass is 10.2.